The van der Waals surface area contributed by atoms with Gasteiger partial charge in [0.2, 0.25) is 10.0 Å². The Hall–Kier alpha value is -3.01. The van der Waals surface area contributed by atoms with Gasteiger partial charge in [-0.05, 0) is 35.4 Å². The van der Waals surface area contributed by atoms with E-state index in [-0.39, 0.29) is 43.6 Å². The van der Waals surface area contributed by atoms with Crippen LogP contribution in [0, 0.1) is 0 Å². The summed E-state index contributed by atoms with van der Waals surface area (Å²) in [5.41, 5.74) is -0.631. The van der Waals surface area contributed by atoms with Crippen LogP contribution >= 0.6 is 0 Å². The number of urea groups is 1. The molecule has 3 aromatic rings. The molecule has 0 bridgehead atoms. The number of fused-ring (bicyclic) bond motifs is 1. The number of nitrogens with zero attached hydrogens (tertiary/aromatic N) is 2. The number of rotatable bonds is 4. The van der Waals surface area contributed by atoms with Gasteiger partial charge in [-0.1, -0.05) is 60.7 Å². The maximum absolute atomic E-state index is 15.7. The average molecular weight is 498 g/mol. The van der Waals surface area contributed by atoms with E-state index in [1.807, 2.05) is 49.4 Å². The monoisotopic (exact) mass is 497 g/mol. The van der Waals surface area contributed by atoms with E-state index < -0.39 is 28.0 Å². The summed E-state index contributed by atoms with van der Waals surface area (Å²) >= 11 is 0. The second kappa shape index (κ2) is 9.22. The highest BCUT2D eigenvalue weighted by atomic mass is 32.2. The lowest BCUT2D eigenvalue weighted by Gasteiger charge is -2.45. The number of sulfonamides is 1. The molecule has 184 valence electrons. The zero-order chi connectivity index (χ0) is 24.6. The van der Waals surface area contributed by atoms with Gasteiger partial charge in [0.25, 0.3) is 0 Å². The maximum Gasteiger partial charge on any atom is 0.317 e. The first-order valence-corrected chi connectivity index (χ1v) is 13.2. The summed E-state index contributed by atoms with van der Waals surface area (Å²) in [7, 11) is -3.94. The molecule has 2 aliphatic heterocycles. The molecule has 2 heterocycles. The number of nitrogens with one attached hydrogen (secondary N) is 1. The zero-order valence-corrected chi connectivity index (χ0v) is 20.2. The normalized spacial score (nSPS) is 24.1. The van der Waals surface area contributed by atoms with Crippen molar-refractivity contribution in [3.63, 3.8) is 0 Å². The minimum Gasteiger partial charge on any atom is -0.355 e. The van der Waals surface area contributed by atoms with E-state index in [0.29, 0.717) is 0 Å². The van der Waals surface area contributed by atoms with E-state index in [2.05, 4.69) is 5.32 Å². The standard InChI is InChI=1S/C26H28FN3O4S/c1-19(22-13-7-9-20-8-5-6-12-23(20)22)28-25(31)29-15-14-26(24(27)18-29)30(16-17-34-26)35(32,33)21-10-3-2-4-11-21/h2-13,19,24H,14-18H2,1H3,(H,28,31). The van der Waals surface area contributed by atoms with Crippen LogP contribution in [-0.2, 0) is 14.8 Å². The average Bonchev–Trinajstić information content (AvgIpc) is 3.31. The van der Waals surface area contributed by atoms with Crippen LogP contribution in [0.1, 0.15) is 24.9 Å². The summed E-state index contributed by atoms with van der Waals surface area (Å²) in [5, 5.41) is 5.10. The van der Waals surface area contributed by atoms with Crippen molar-refractivity contribution in [2.24, 2.45) is 0 Å². The van der Waals surface area contributed by atoms with Crippen molar-refractivity contribution in [1.82, 2.24) is 14.5 Å². The number of piperidine rings is 1. The molecular formula is C26H28FN3O4S. The van der Waals surface area contributed by atoms with Gasteiger partial charge in [-0.25, -0.2) is 17.6 Å². The van der Waals surface area contributed by atoms with Gasteiger partial charge in [0, 0.05) is 19.5 Å². The largest absolute Gasteiger partial charge is 0.355 e. The molecule has 2 amide bonds. The summed E-state index contributed by atoms with van der Waals surface area (Å²) in [6, 6.07) is 21.2. The van der Waals surface area contributed by atoms with Crippen molar-refractivity contribution in [3.05, 3.63) is 78.4 Å². The number of carbonyl (C=O) groups excluding carboxylic acids is 1. The molecule has 3 atom stereocenters. The highest BCUT2D eigenvalue weighted by Gasteiger charge is 2.57. The van der Waals surface area contributed by atoms with Gasteiger partial charge in [0.15, 0.2) is 11.9 Å². The molecule has 2 aliphatic rings. The predicted molar refractivity (Wildman–Crippen MR) is 131 cm³/mol. The molecule has 9 heteroatoms. The van der Waals surface area contributed by atoms with Crippen molar-refractivity contribution in [3.8, 4) is 0 Å². The van der Waals surface area contributed by atoms with Gasteiger partial charge >= 0.3 is 6.03 Å². The summed E-state index contributed by atoms with van der Waals surface area (Å²) < 4.78 is 49.1. The first-order chi connectivity index (χ1) is 16.8. The van der Waals surface area contributed by atoms with Crippen LogP contribution in [0.25, 0.3) is 10.8 Å². The number of hydrogen-bond donors (Lipinski definition) is 1. The van der Waals surface area contributed by atoms with Gasteiger partial charge in [-0.2, -0.15) is 4.31 Å². The van der Waals surface area contributed by atoms with Crippen LogP contribution in [0.15, 0.2) is 77.7 Å². The third-order valence-electron chi connectivity index (χ3n) is 6.93. The second-order valence-electron chi connectivity index (χ2n) is 8.99. The van der Waals surface area contributed by atoms with Crippen LogP contribution in [0.5, 0.6) is 0 Å². The molecule has 2 fully saturated rings. The van der Waals surface area contributed by atoms with Gasteiger partial charge in [-0.3, -0.25) is 0 Å². The van der Waals surface area contributed by atoms with Gasteiger partial charge in [0.05, 0.1) is 24.1 Å². The highest BCUT2D eigenvalue weighted by Crippen LogP contribution is 2.40. The van der Waals surface area contributed by atoms with E-state index in [1.165, 1.54) is 17.0 Å². The van der Waals surface area contributed by atoms with E-state index in [9.17, 15) is 13.2 Å². The minimum atomic E-state index is -3.94. The van der Waals surface area contributed by atoms with Crippen LogP contribution in [-0.4, -0.2) is 61.8 Å². The molecule has 7 nitrogen and oxygen atoms in total. The molecule has 0 saturated carbocycles. The number of ether oxygens (including phenoxy) is 1. The number of amides is 2. The number of alkyl halides is 1. The summed E-state index contributed by atoms with van der Waals surface area (Å²) in [6.45, 7) is 2.00. The molecule has 1 spiro atoms. The number of halogens is 1. The molecular weight excluding hydrogens is 469 g/mol. The predicted octanol–water partition coefficient (Wildman–Crippen LogP) is 4.07. The number of carbonyl (C=O) groups is 1. The molecule has 3 aromatic carbocycles. The molecule has 35 heavy (non-hydrogen) atoms. The quantitative estimate of drug-likeness (QED) is 0.589. The smallest absolute Gasteiger partial charge is 0.317 e. The van der Waals surface area contributed by atoms with E-state index >= 15 is 4.39 Å². The fourth-order valence-corrected chi connectivity index (χ4v) is 6.84. The lowest BCUT2D eigenvalue weighted by molar-refractivity contribution is -0.135. The number of likely N-dealkylation sites (tertiary alicyclic amines) is 1. The Labute approximate surface area is 204 Å². The first kappa shape index (κ1) is 23.7. The van der Waals surface area contributed by atoms with E-state index in [0.717, 1.165) is 20.6 Å². The van der Waals surface area contributed by atoms with Gasteiger partial charge in [-0.15, -0.1) is 0 Å². The molecule has 2 saturated heterocycles. The Morgan fingerprint density at radius 3 is 2.54 bits per heavy atom. The molecule has 5 rings (SSSR count). The summed E-state index contributed by atoms with van der Waals surface area (Å²) in [5.74, 6) is 0. The highest BCUT2D eigenvalue weighted by molar-refractivity contribution is 7.89. The fourth-order valence-electron chi connectivity index (χ4n) is 5.10. The van der Waals surface area contributed by atoms with Crippen molar-refractivity contribution < 1.29 is 22.3 Å². The Morgan fingerprint density at radius 1 is 1.06 bits per heavy atom. The van der Waals surface area contributed by atoms with Crippen LogP contribution in [0.4, 0.5) is 9.18 Å². The Kier molecular flexibility index (Phi) is 6.25. The summed E-state index contributed by atoms with van der Waals surface area (Å²) in [6.07, 6.45) is -1.63. The molecule has 3 unspecified atom stereocenters. The van der Waals surface area contributed by atoms with Crippen LogP contribution in [0.2, 0.25) is 0 Å². The fraction of sp³-hybridized carbons (Fsp3) is 0.346. The van der Waals surface area contributed by atoms with Gasteiger partial charge in [0.1, 0.15) is 0 Å². The SMILES string of the molecule is CC(NC(=O)N1CCC2(OCCN2S(=O)(=O)c2ccccc2)C(F)C1)c1cccc2ccccc12. The third-order valence-corrected chi connectivity index (χ3v) is 8.87. The third kappa shape index (κ3) is 4.17. The maximum atomic E-state index is 15.7. The van der Waals surface area contributed by atoms with Crippen LogP contribution < -0.4 is 5.32 Å². The topological polar surface area (TPSA) is 79.0 Å². The molecule has 0 radical (unpaired) electrons. The van der Waals surface area contributed by atoms with Crippen molar-refractivity contribution in [2.45, 2.75) is 36.2 Å². The van der Waals surface area contributed by atoms with Crippen molar-refractivity contribution >= 4 is 26.8 Å². The number of benzene rings is 3. The van der Waals surface area contributed by atoms with Crippen LogP contribution in [0.3, 0.4) is 0 Å². The molecule has 1 N–H and O–H groups in total. The second-order valence-corrected chi connectivity index (χ2v) is 10.8. The van der Waals surface area contributed by atoms with E-state index in [1.54, 1.807) is 18.2 Å². The Morgan fingerprint density at radius 2 is 1.77 bits per heavy atom. The lowest BCUT2D eigenvalue weighted by atomic mass is 9.98. The Balaban J connectivity index is 1.31. The first-order valence-electron chi connectivity index (χ1n) is 11.7. The van der Waals surface area contributed by atoms with E-state index in [4.69, 9.17) is 4.74 Å². The van der Waals surface area contributed by atoms with Crippen molar-refractivity contribution in [1.29, 1.82) is 0 Å². The zero-order valence-electron chi connectivity index (χ0n) is 19.4. The van der Waals surface area contributed by atoms with Gasteiger partial charge < -0.3 is 15.0 Å². The Bertz CT molecular complexity index is 1330. The summed E-state index contributed by atoms with van der Waals surface area (Å²) in [4.78, 5) is 14.5. The molecule has 0 aliphatic carbocycles. The number of hydrogen-bond acceptors (Lipinski definition) is 4. The minimum absolute atomic E-state index is 0.0519. The lowest BCUT2D eigenvalue weighted by Crippen LogP contribution is -2.63. The van der Waals surface area contributed by atoms with Crippen molar-refractivity contribution in [2.75, 3.05) is 26.2 Å². The molecule has 0 aromatic heterocycles.